The van der Waals surface area contributed by atoms with Crippen LogP contribution in [0.25, 0.3) is 11.3 Å². The van der Waals surface area contributed by atoms with Crippen LogP contribution >= 0.6 is 0 Å². The Bertz CT molecular complexity index is 826. The molecule has 1 aliphatic heterocycles. The molecule has 1 aromatic heterocycles. The number of anilines is 1. The zero-order chi connectivity index (χ0) is 16.1. The van der Waals surface area contributed by atoms with E-state index in [1.54, 1.807) is 0 Å². The van der Waals surface area contributed by atoms with Gasteiger partial charge in [-0.15, -0.1) is 0 Å². The molecule has 1 aromatic carbocycles. The minimum Gasteiger partial charge on any atom is -0.502 e. The molecule has 0 spiro atoms. The zero-order valence-electron chi connectivity index (χ0n) is 11.1. The fraction of sp³-hybridized carbons (Fsp3) is 0.231. The van der Waals surface area contributed by atoms with Gasteiger partial charge in [0.05, 0.1) is 5.75 Å². The van der Waals surface area contributed by atoms with Gasteiger partial charge in [0.1, 0.15) is 11.6 Å². The number of hydrogen-bond acceptors (Lipinski definition) is 5. The highest BCUT2D eigenvalue weighted by molar-refractivity contribution is 7.93. The largest absolute Gasteiger partial charge is 0.502 e. The van der Waals surface area contributed by atoms with Crippen molar-refractivity contribution < 1.29 is 31.8 Å². The van der Waals surface area contributed by atoms with Gasteiger partial charge in [-0.1, -0.05) is 0 Å². The van der Waals surface area contributed by atoms with Crippen LogP contribution in [-0.4, -0.2) is 30.9 Å². The van der Waals surface area contributed by atoms with Gasteiger partial charge in [-0.05, 0) is 18.6 Å². The Morgan fingerprint density at radius 3 is 2.27 bits per heavy atom. The van der Waals surface area contributed by atoms with Crippen molar-refractivity contribution in [3.05, 3.63) is 29.8 Å². The van der Waals surface area contributed by atoms with E-state index < -0.39 is 44.8 Å². The first-order valence-corrected chi connectivity index (χ1v) is 7.92. The van der Waals surface area contributed by atoms with Crippen LogP contribution in [-0.2, 0) is 10.0 Å². The monoisotopic (exact) mass is 331 g/mol. The second-order valence-electron chi connectivity index (χ2n) is 4.83. The van der Waals surface area contributed by atoms with E-state index in [0.717, 1.165) is 16.4 Å². The average molecular weight is 331 g/mol. The fourth-order valence-electron chi connectivity index (χ4n) is 2.32. The highest BCUT2D eigenvalue weighted by atomic mass is 32.2. The van der Waals surface area contributed by atoms with Crippen LogP contribution in [0.4, 0.5) is 14.7 Å². The predicted molar refractivity (Wildman–Crippen MR) is 73.1 cm³/mol. The minimum atomic E-state index is -3.64. The summed E-state index contributed by atoms with van der Waals surface area (Å²) in [6, 6.07) is 2.42. The van der Waals surface area contributed by atoms with Gasteiger partial charge in [0.2, 0.25) is 21.5 Å². The van der Waals surface area contributed by atoms with Gasteiger partial charge in [0.15, 0.2) is 5.76 Å². The summed E-state index contributed by atoms with van der Waals surface area (Å²) in [5.74, 6) is -4.35. The van der Waals surface area contributed by atoms with E-state index in [9.17, 15) is 27.4 Å². The maximum atomic E-state index is 13.2. The minimum absolute atomic E-state index is 0.0831. The number of furan rings is 1. The van der Waals surface area contributed by atoms with Crippen LogP contribution in [0, 0.1) is 11.6 Å². The van der Waals surface area contributed by atoms with E-state index in [4.69, 9.17) is 4.42 Å². The molecule has 9 heteroatoms. The van der Waals surface area contributed by atoms with Crippen molar-refractivity contribution in [1.29, 1.82) is 0 Å². The Morgan fingerprint density at radius 2 is 1.73 bits per heavy atom. The van der Waals surface area contributed by atoms with Crippen LogP contribution in [0.1, 0.15) is 6.42 Å². The molecular formula is C13H11F2NO5S. The molecule has 2 aromatic rings. The maximum Gasteiger partial charge on any atom is 0.256 e. The quantitative estimate of drug-likeness (QED) is 0.880. The number of sulfonamides is 1. The van der Waals surface area contributed by atoms with Gasteiger partial charge in [-0.2, -0.15) is 0 Å². The smallest absolute Gasteiger partial charge is 0.256 e. The van der Waals surface area contributed by atoms with E-state index in [-0.39, 0.29) is 17.9 Å². The van der Waals surface area contributed by atoms with Crippen LogP contribution < -0.4 is 4.31 Å². The van der Waals surface area contributed by atoms with E-state index in [2.05, 4.69) is 0 Å². The average Bonchev–Trinajstić information content (AvgIpc) is 2.90. The summed E-state index contributed by atoms with van der Waals surface area (Å²) >= 11 is 0. The standard InChI is InChI=1S/C13H11F2NO5S/c14-8-4-7(5-9(15)6-8)12-10(17)11(18)13(21-12)16-2-1-3-22(16,19)20/h4-6,17-18H,1-3H2. The number of nitrogens with zero attached hydrogens (tertiary/aromatic N) is 1. The molecule has 1 saturated heterocycles. The van der Waals surface area contributed by atoms with Gasteiger partial charge in [0, 0.05) is 18.2 Å². The van der Waals surface area contributed by atoms with Crippen molar-refractivity contribution in [2.24, 2.45) is 0 Å². The topological polar surface area (TPSA) is 91.0 Å². The third-order valence-corrected chi connectivity index (χ3v) is 5.12. The molecule has 0 unspecified atom stereocenters. The molecule has 118 valence electrons. The van der Waals surface area contributed by atoms with Crippen molar-refractivity contribution in [3.63, 3.8) is 0 Å². The van der Waals surface area contributed by atoms with Gasteiger partial charge < -0.3 is 14.6 Å². The van der Waals surface area contributed by atoms with Crippen LogP contribution in [0.2, 0.25) is 0 Å². The third-order valence-electron chi connectivity index (χ3n) is 3.29. The molecule has 0 saturated carbocycles. The lowest BCUT2D eigenvalue weighted by Crippen LogP contribution is -2.24. The van der Waals surface area contributed by atoms with Crippen LogP contribution in [0.15, 0.2) is 22.6 Å². The van der Waals surface area contributed by atoms with Crippen molar-refractivity contribution in [1.82, 2.24) is 0 Å². The second-order valence-corrected chi connectivity index (χ2v) is 6.85. The molecule has 6 nitrogen and oxygen atoms in total. The predicted octanol–water partition coefficient (Wildman–Crippen LogP) is 2.18. The second kappa shape index (κ2) is 4.87. The highest BCUT2D eigenvalue weighted by Crippen LogP contribution is 2.48. The SMILES string of the molecule is O=S1(=O)CCCN1c1oc(-c2cc(F)cc(F)c2)c(O)c1O. The van der Waals surface area contributed by atoms with E-state index in [0.29, 0.717) is 12.5 Å². The molecule has 0 atom stereocenters. The summed E-state index contributed by atoms with van der Waals surface area (Å²) in [4.78, 5) is 0. The van der Waals surface area contributed by atoms with Crippen LogP contribution in [0.5, 0.6) is 11.5 Å². The molecule has 0 aliphatic carbocycles. The summed E-state index contributed by atoms with van der Waals surface area (Å²) < 4.78 is 56.1. The van der Waals surface area contributed by atoms with E-state index >= 15 is 0 Å². The lowest BCUT2D eigenvalue weighted by Gasteiger charge is -2.12. The first-order chi connectivity index (χ1) is 10.3. The summed E-state index contributed by atoms with van der Waals surface area (Å²) in [5.41, 5.74) is -0.159. The van der Waals surface area contributed by atoms with Gasteiger partial charge >= 0.3 is 0 Å². The van der Waals surface area contributed by atoms with Crippen molar-refractivity contribution in [3.8, 4) is 22.8 Å². The first kappa shape index (κ1) is 14.6. The Morgan fingerprint density at radius 1 is 1.09 bits per heavy atom. The van der Waals surface area contributed by atoms with Crippen molar-refractivity contribution in [2.45, 2.75) is 6.42 Å². The molecule has 1 aliphatic rings. The maximum absolute atomic E-state index is 13.2. The third kappa shape index (κ3) is 2.27. The van der Waals surface area contributed by atoms with Gasteiger partial charge in [-0.3, -0.25) is 0 Å². The molecule has 0 amide bonds. The number of hydrogen-bond donors (Lipinski definition) is 2. The number of aromatic hydroxyl groups is 2. The zero-order valence-corrected chi connectivity index (χ0v) is 11.9. The molecule has 2 N–H and O–H groups in total. The molecule has 0 radical (unpaired) electrons. The molecule has 2 heterocycles. The number of rotatable bonds is 2. The molecule has 0 bridgehead atoms. The lowest BCUT2D eigenvalue weighted by molar-refractivity contribution is 0.409. The van der Waals surface area contributed by atoms with Crippen molar-refractivity contribution in [2.75, 3.05) is 16.6 Å². The molecular weight excluding hydrogens is 320 g/mol. The Hall–Kier alpha value is -2.29. The Labute approximate surface area is 124 Å². The normalized spacial score (nSPS) is 17.1. The first-order valence-electron chi connectivity index (χ1n) is 6.31. The summed E-state index contributed by atoms with van der Waals surface area (Å²) in [7, 11) is -3.64. The Balaban J connectivity index is 2.14. The van der Waals surface area contributed by atoms with Crippen LogP contribution in [0.3, 0.4) is 0 Å². The lowest BCUT2D eigenvalue weighted by atomic mass is 10.1. The van der Waals surface area contributed by atoms with E-state index in [1.165, 1.54) is 0 Å². The summed E-state index contributed by atoms with van der Waals surface area (Å²) in [6.07, 6.45) is 0.340. The number of benzene rings is 1. The van der Waals surface area contributed by atoms with Gasteiger partial charge in [-0.25, -0.2) is 21.5 Å². The molecule has 22 heavy (non-hydrogen) atoms. The van der Waals surface area contributed by atoms with Gasteiger partial charge in [0.25, 0.3) is 5.88 Å². The summed E-state index contributed by atoms with van der Waals surface area (Å²) in [5, 5.41) is 19.7. The molecule has 1 fully saturated rings. The fourth-order valence-corrected chi connectivity index (χ4v) is 3.82. The van der Waals surface area contributed by atoms with E-state index in [1.807, 2.05) is 0 Å². The highest BCUT2D eigenvalue weighted by Gasteiger charge is 2.35. The summed E-state index contributed by atoms with van der Waals surface area (Å²) in [6.45, 7) is 0.0831. The van der Waals surface area contributed by atoms with Crippen molar-refractivity contribution >= 4 is 15.9 Å². The Kier molecular flexibility index (Phi) is 3.24. The molecule has 3 rings (SSSR count). The number of halogens is 2.